The van der Waals surface area contributed by atoms with E-state index in [-0.39, 0.29) is 24.8 Å². The van der Waals surface area contributed by atoms with Gasteiger partial charge in [-0.15, -0.1) is 24.8 Å². The van der Waals surface area contributed by atoms with Gasteiger partial charge in [0.1, 0.15) is 0 Å². The molecule has 3 aromatic rings. The van der Waals surface area contributed by atoms with Gasteiger partial charge < -0.3 is 4.40 Å². The number of nitrogens with zero attached hydrogens (tertiary/aromatic N) is 2. The maximum absolute atomic E-state index is 4.10. The zero-order valence-corrected chi connectivity index (χ0v) is 9.46. The van der Waals surface area contributed by atoms with Crippen molar-refractivity contribution in [2.24, 2.45) is 0 Å². The average Bonchev–Trinajstić information content (AvgIpc) is 2.56. The lowest BCUT2D eigenvalue weighted by molar-refractivity contribution is 1.13. The van der Waals surface area contributed by atoms with Crippen LogP contribution in [0, 0.1) is 0 Å². The molecule has 0 N–H and O–H groups in total. The smallest absolute Gasteiger partial charge is 0.0995 e. The average molecular weight is 241 g/mol. The molecule has 4 heteroatoms. The highest BCUT2D eigenvalue weighted by Crippen LogP contribution is 2.18. The molecule has 0 bridgehead atoms. The Kier molecular flexibility index (Phi) is 3.56. The third-order valence-electron chi connectivity index (χ3n) is 2.29. The first-order valence-corrected chi connectivity index (χ1v) is 4.25. The van der Waals surface area contributed by atoms with E-state index in [4.69, 9.17) is 0 Å². The first kappa shape index (κ1) is 11.8. The Morgan fingerprint density at radius 1 is 1.00 bits per heavy atom. The summed E-state index contributed by atoms with van der Waals surface area (Å²) in [5.41, 5.74) is 2.40. The number of para-hydroxylation sites is 1. The second kappa shape index (κ2) is 4.51. The van der Waals surface area contributed by atoms with Gasteiger partial charge in [0.05, 0.1) is 11.8 Å². The molecule has 3 rings (SSSR count). The van der Waals surface area contributed by atoms with Gasteiger partial charge in [0.25, 0.3) is 0 Å². The molecule has 78 valence electrons. The van der Waals surface area contributed by atoms with Gasteiger partial charge in [0.2, 0.25) is 0 Å². The molecule has 0 saturated carbocycles. The molecule has 0 aliphatic rings. The van der Waals surface area contributed by atoms with E-state index in [1.165, 1.54) is 16.4 Å². The van der Waals surface area contributed by atoms with Crippen molar-refractivity contribution in [1.29, 1.82) is 0 Å². The van der Waals surface area contributed by atoms with Gasteiger partial charge in [0.15, 0.2) is 0 Å². The van der Waals surface area contributed by atoms with Crippen molar-refractivity contribution in [2.75, 3.05) is 0 Å². The summed E-state index contributed by atoms with van der Waals surface area (Å²) in [5, 5.41) is 1.26. The minimum Gasteiger partial charge on any atom is -0.300 e. The highest BCUT2D eigenvalue weighted by molar-refractivity contribution is 5.86. The second-order valence-corrected chi connectivity index (χ2v) is 3.08. The van der Waals surface area contributed by atoms with Crippen molar-refractivity contribution >= 4 is 41.2 Å². The summed E-state index contributed by atoms with van der Waals surface area (Å²) >= 11 is 0. The van der Waals surface area contributed by atoms with Gasteiger partial charge in [-0.3, -0.25) is 0 Å². The molecule has 0 unspecified atom stereocenters. The Morgan fingerprint density at radius 3 is 2.67 bits per heavy atom. The Bertz CT molecular complexity index is 524. The SMILES string of the molecule is Cl.Cl.c1ccc2c(c1)cc1ccncn12. The molecule has 0 amide bonds. The van der Waals surface area contributed by atoms with E-state index in [2.05, 4.69) is 33.7 Å². The molecule has 2 nitrogen and oxygen atoms in total. The van der Waals surface area contributed by atoms with Gasteiger partial charge >= 0.3 is 0 Å². The maximum Gasteiger partial charge on any atom is 0.0995 e. The molecule has 0 atom stereocenters. The summed E-state index contributed by atoms with van der Waals surface area (Å²) in [4.78, 5) is 4.10. The first-order valence-electron chi connectivity index (χ1n) is 4.25. The molecule has 15 heavy (non-hydrogen) atoms. The predicted octanol–water partition coefficient (Wildman–Crippen LogP) is 3.33. The number of halogens is 2. The highest BCUT2D eigenvalue weighted by atomic mass is 35.5. The largest absolute Gasteiger partial charge is 0.300 e. The van der Waals surface area contributed by atoms with Crippen LogP contribution in [0.1, 0.15) is 0 Å². The van der Waals surface area contributed by atoms with Crippen LogP contribution in [-0.4, -0.2) is 9.38 Å². The Hall–Kier alpha value is -1.25. The molecule has 2 heterocycles. The van der Waals surface area contributed by atoms with E-state index in [1.54, 1.807) is 0 Å². The number of hydrogen-bond donors (Lipinski definition) is 0. The van der Waals surface area contributed by atoms with Gasteiger partial charge in [0, 0.05) is 17.1 Å². The molecule has 0 spiro atoms. The minimum absolute atomic E-state index is 0. The lowest BCUT2D eigenvalue weighted by atomic mass is 10.2. The van der Waals surface area contributed by atoms with Crippen molar-refractivity contribution in [1.82, 2.24) is 9.38 Å². The van der Waals surface area contributed by atoms with Crippen LogP contribution >= 0.6 is 24.8 Å². The monoisotopic (exact) mass is 240 g/mol. The first-order chi connectivity index (χ1) is 6.45. The van der Waals surface area contributed by atoms with E-state index in [1.807, 2.05) is 24.7 Å². The normalized spacial score (nSPS) is 9.60. The van der Waals surface area contributed by atoms with Crippen molar-refractivity contribution < 1.29 is 0 Å². The molecular weight excluding hydrogens is 231 g/mol. The Balaban J connectivity index is 0.000000562. The van der Waals surface area contributed by atoms with Gasteiger partial charge in [-0.2, -0.15) is 0 Å². The fourth-order valence-electron chi connectivity index (χ4n) is 1.68. The minimum atomic E-state index is 0. The van der Waals surface area contributed by atoms with Crippen LogP contribution in [0.4, 0.5) is 0 Å². The molecule has 0 fully saturated rings. The fraction of sp³-hybridized carbons (Fsp3) is 0. The molecule has 0 aliphatic carbocycles. The molecular formula is C11H10Cl2N2. The third-order valence-corrected chi connectivity index (χ3v) is 2.29. The number of hydrogen-bond acceptors (Lipinski definition) is 1. The standard InChI is InChI=1S/C11H8N2.2ClH/c1-2-4-11-9(3-1)7-10-5-6-12-8-13(10)11;;/h1-8H;2*1H. The van der Waals surface area contributed by atoms with Crippen molar-refractivity contribution in [3.05, 3.63) is 48.9 Å². The van der Waals surface area contributed by atoms with Crippen molar-refractivity contribution in [2.45, 2.75) is 0 Å². The third kappa shape index (κ3) is 1.78. The predicted molar refractivity (Wildman–Crippen MR) is 67.2 cm³/mol. The summed E-state index contributed by atoms with van der Waals surface area (Å²) in [7, 11) is 0. The maximum atomic E-state index is 4.10. The summed E-state index contributed by atoms with van der Waals surface area (Å²) in [6, 6.07) is 12.5. The number of rotatable bonds is 0. The van der Waals surface area contributed by atoms with Crippen molar-refractivity contribution in [3.8, 4) is 0 Å². The topological polar surface area (TPSA) is 17.3 Å². The van der Waals surface area contributed by atoms with Crippen LogP contribution in [0.5, 0.6) is 0 Å². The van der Waals surface area contributed by atoms with E-state index < -0.39 is 0 Å². The van der Waals surface area contributed by atoms with Gasteiger partial charge in [-0.1, -0.05) is 18.2 Å². The van der Waals surface area contributed by atoms with Crippen LogP contribution in [0.25, 0.3) is 16.4 Å². The summed E-state index contributed by atoms with van der Waals surface area (Å²) in [5.74, 6) is 0. The lowest BCUT2D eigenvalue weighted by Crippen LogP contribution is -1.83. The molecule has 0 radical (unpaired) electrons. The molecule has 0 aliphatic heterocycles. The molecule has 0 saturated heterocycles. The summed E-state index contributed by atoms with van der Waals surface area (Å²) < 4.78 is 2.09. The number of benzene rings is 1. The van der Waals surface area contributed by atoms with Gasteiger partial charge in [-0.25, -0.2) is 4.98 Å². The highest BCUT2D eigenvalue weighted by Gasteiger charge is 1.98. The fourth-order valence-corrected chi connectivity index (χ4v) is 1.68. The number of aromatic nitrogens is 2. The van der Waals surface area contributed by atoms with Crippen LogP contribution in [-0.2, 0) is 0 Å². The van der Waals surface area contributed by atoms with Crippen molar-refractivity contribution in [3.63, 3.8) is 0 Å². The van der Waals surface area contributed by atoms with Crippen LogP contribution < -0.4 is 0 Å². The van der Waals surface area contributed by atoms with Crippen LogP contribution in [0.3, 0.4) is 0 Å². The quantitative estimate of drug-likeness (QED) is 0.590. The Morgan fingerprint density at radius 2 is 1.80 bits per heavy atom. The second-order valence-electron chi connectivity index (χ2n) is 3.08. The van der Waals surface area contributed by atoms with Crippen LogP contribution in [0.15, 0.2) is 48.9 Å². The number of fused-ring (bicyclic) bond motifs is 3. The van der Waals surface area contributed by atoms with E-state index in [0.717, 1.165) is 0 Å². The van der Waals surface area contributed by atoms with E-state index >= 15 is 0 Å². The van der Waals surface area contributed by atoms with E-state index in [9.17, 15) is 0 Å². The van der Waals surface area contributed by atoms with Crippen LogP contribution in [0.2, 0.25) is 0 Å². The molecule has 2 aromatic heterocycles. The zero-order valence-electron chi connectivity index (χ0n) is 7.83. The molecule has 1 aromatic carbocycles. The Labute approximate surface area is 99.8 Å². The summed E-state index contributed by atoms with van der Waals surface area (Å²) in [6.45, 7) is 0. The van der Waals surface area contributed by atoms with Gasteiger partial charge in [-0.05, 0) is 18.2 Å². The zero-order chi connectivity index (χ0) is 8.67. The summed E-state index contributed by atoms with van der Waals surface area (Å²) in [6.07, 6.45) is 3.66. The lowest BCUT2D eigenvalue weighted by Gasteiger charge is -1.93. The van der Waals surface area contributed by atoms with E-state index in [0.29, 0.717) is 0 Å².